The maximum atomic E-state index is 6.12. The molecule has 1 heterocycles. The van der Waals surface area contributed by atoms with Gasteiger partial charge in [-0.25, -0.2) is 0 Å². The maximum absolute atomic E-state index is 6.12. The number of rotatable bonds is 5. The third kappa shape index (κ3) is 4.71. The molecule has 9 aromatic rings. The fourth-order valence-electron chi connectivity index (χ4n) is 8.28. The van der Waals surface area contributed by atoms with Crippen LogP contribution < -0.4 is 4.90 Å². The van der Waals surface area contributed by atoms with Gasteiger partial charge in [-0.15, -0.1) is 0 Å². The number of hydrogen-bond acceptors (Lipinski definition) is 2. The van der Waals surface area contributed by atoms with Crippen LogP contribution in [0, 0.1) is 0 Å². The van der Waals surface area contributed by atoms with Gasteiger partial charge in [0.15, 0.2) is 0 Å². The second-order valence-corrected chi connectivity index (χ2v) is 14.2. The Morgan fingerprint density at radius 3 is 1.94 bits per heavy atom. The molecule has 0 saturated heterocycles. The summed E-state index contributed by atoms with van der Waals surface area (Å²) in [5.74, 6) is 0. The van der Waals surface area contributed by atoms with Crippen LogP contribution >= 0.6 is 0 Å². The molecule has 0 amide bonds. The van der Waals surface area contributed by atoms with Crippen molar-refractivity contribution in [3.63, 3.8) is 0 Å². The Labute approximate surface area is 297 Å². The zero-order valence-electron chi connectivity index (χ0n) is 28.6. The molecule has 51 heavy (non-hydrogen) atoms. The molecule has 1 aliphatic carbocycles. The van der Waals surface area contributed by atoms with E-state index in [4.69, 9.17) is 4.42 Å². The molecule has 0 saturated carbocycles. The summed E-state index contributed by atoms with van der Waals surface area (Å²) in [7, 11) is 0. The summed E-state index contributed by atoms with van der Waals surface area (Å²) < 4.78 is 6.12. The maximum Gasteiger partial charge on any atom is 0.135 e. The largest absolute Gasteiger partial charge is 0.456 e. The Morgan fingerprint density at radius 1 is 0.392 bits per heavy atom. The van der Waals surface area contributed by atoms with E-state index in [0.29, 0.717) is 0 Å². The van der Waals surface area contributed by atoms with Crippen molar-refractivity contribution in [1.29, 1.82) is 0 Å². The minimum atomic E-state index is -0.0990. The molecule has 0 radical (unpaired) electrons. The smallest absolute Gasteiger partial charge is 0.135 e. The molecule has 1 aliphatic rings. The van der Waals surface area contributed by atoms with E-state index in [1.165, 1.54) is 55.3 Å². The molecule has 8 aromatic carbocycles. The summed E-state index contributed by atoms with van der Waals surface area (Å²) in [6.45, 7) is 4.70. The van der Waals surface area contributed by atoms with Crippen molar-refractivity contribution in [2.24, 2.45) is 0 Å². The molecule has 242 valence electrons. The Hall–Kier alpha value is -6.38. The van der Waals surface area contributed by atoms with Crippen LogP contribution in [0.3, 0.4) is 0 Å². The minimum absolute atomic E-state index is 0.0990. The highest BCUT2D eigenvalue weighted by Gasteiger charge is 2.35. The van der Waals surface area contributed by atoms with Gasteiger partial charge in [-0.3, -0.25) is 0 Å². The predicted octanol–water partition coefficient (Wildman–Crippen LogP) is 13.8. The van der Waals surface area contributed by atoms with Gasteiger partial charge >= 0.3 is 0 Å². The van der Waals surface area contributed by atoms with Crippen LogP contribution in [0.4, 0.5) is 17.1 Å². The van der Waals surface area contributed by atoms with E-state index in [2.05, 4.69) is 183 Å². The molecule has 0 aliphatic heterocycles. The first-order chi connectivity index (χ1) is 25.0. The average Bonchev–Trinajstić information content (AvgIpc) is 3.66. The van der Waals surface area contributed by atoms with Gasteiger partial charge < -0.3 is 9.32 Å². The van der Waals surface area contributed by atoms with Crippen LogP contribution in [0.1, 0.15) is 25.0 Å². The van der Waals surface area contributed by atoms with E-state index in [1.54, 1.807) is 0 Å². The second kappa shape index (κ2) is 11.3. The van der Waals surface area contributed by atoms with Crippen molar-refractivity contribution < 1.29 is 4.42 Å². The van der Waals surface area contributed by atoms with Gasteiger partial charge in [0.05, 0.1) is 0 Å². The van der Waals surface area contributed by atoms with Crippen molar-refractivity contribution in [2.75, 3.05) is 4.90 Å². The quantitative estimate of drug-likeness (QED) is 0.184. The fourth-order valence-corrected chi connectivity index (χ4v) is 8.28. The number of nitrogens with zero attached hydrogens (tertiary/aromatic N) is 1. The number of hydrogen-bond donors (Lipinski definition) is 0. The van der Waals surface area contributed by atoms with Crippen molar-refractivity contribution in [2.45, 2.75) is 19.3 Å². The van der Waals surface area contributed by atoms with Crippen molar-refractivity contribution in [3.8, 4) is 33.4 Å². The summed E-state index contributed by atoms with van der Waals surface area (Å²) in [6, 6.07) is 63.8. The van der Waals surface area contributed by atoms with E-state index in [0.717, 1.165) is 39.0 Å². The molecule has 0 bridgehead atoms. The lowest BCUT2D eigenvalue weighted by Crippen LogP contribution is -2.16. The third-order valence-electron chi connectivity index (χ3n) is 10.9. The number of anilines is 3. The van der Waals surface area contributed by atoms with Crippen LogP contribution in [0.2, 0.25) is 0 Å². The van der Waals surface area contributed by atoms with Gasteiger partial charge in [0.2, 0.25) is 0 Å². The Morgan fingerprint density at radius 2 is 1.04 bits per heavy atom. The van der Waals surface area contributed by atoms with E-state index >= 15 is 0 Å². The van der Waals surface area contributed by atoms with Gasteiger partial charge in [-0.2, -0.15) is 0 Å². The second-order valence-electron chi connectivity index (χ2n) is 14.2. The molecular formula is C49H35NO. The van der Waals surface area contributed by atoms with Crippen molar-refractivity contribution >= 4 is 49.8 Å². The molecule has 2 heteroatoms. The lowest BCUT2D eigenvalue weighted by atomic mass is 9.82. The van der Waals surface area contributed by atoms with E-state index in [-0.39, 0.29) is 5.41 Å². The van der Waals surface area contributed by atoms with Crippen molar-refractivity contribution in [1.82, 2.24) is 0 Å². The summed E-state index contributed by atoms with van der Waals surface area (Å²) >= 11 is 0. The first-order valence-corrected chi connectivity index (χ1v) is 17.7. The van der Waals surface area contributed by atoms with Crippen LogP contribution in [0.25, 0.3) is 66.1 Å². The summed E-state index contributed by atoms with van der Waals surface area (Å²) in [5.41, 5.74) is 15.3. The Kier molecular flexibility index (Phi) is 6.56. The van der Waals surface area contributed by atoms with Crippen LogP contribution in [-0.4, -0.2) is 0 Å². The van der Waals surface area contributed by atoms with E-state index in [1.807, 2.05) is 12.1 Å². The standard InChI is InChI=1S/C49H35NO/c1-49(2)45-19-7-5-16-41(45)42-27-26-38(31-46(42)49)50(37-14-9-13-35(29-37)40-18-10-12-33-11-3-4-15-39(33)40)36-24-21-32(22-25-36)34-23-28-48-44(30-34)43-17-6-8-20-47(43)51-48/h3-31H,1-2H3. The average molecular weight is 654 g/mol. The number of para-hydroxylation sites is 1. The zero-order chi connectivity index (χ0) is 34.1. The molecule has 0 N–H and O–H groups in total. The fraction of sp³-hybridized carbons (Fsp3) is 0.0612. The van der Waals surface area contributed by atoms with Gasteiger partial charge in [0.1, 0.15) is 11.2 Å². The number of furan rings is 1. The van der Waals surface area contributed by atoms with Gasteiger partial charge in [-0.05, 0) is 110 Å². The highest BCUT2D eigenvalue weighted by molar-refractivity contribution is 6.06. The van der Waals surface area contributed by atoms with Gasteiger partial charge in [0, 0.05) is 33.2 Å². The molecule has 10 rings (SSSR count). The molecular weight excluding hydrogens is 619 g/mol. The van der Waals surface area contributed by atoms with Gasteiger partial charge in [-0.1, -0.05) is 135 Å². The lowest BCUT2D eigenvalue weighted by Gasteiger charge is -2.28. The zero-order valence-corrected chi connectivity index (χ0v) is 28.6. The normalized spacial score (nSPS) is 13.1. The molecule has 0 fully saturated rings. The predicted molar refractivity (Wildman–Crippen MR) is 214 cm³/mol. The summed E-state index contributed by atoms with van der Waals surface area (Å²) in [5, 5.41) is 4.79. The molecule has 0 unspecified atom stereocenters. The van der Waals surface area contributed by atoms with E-state index in [9.17, 15) is 0 Å². The Balaban J connectivity index is 1.11. The van der Waals surface area contributed by atoms with E-state index < -0.39 is 0 Å². The van der Waals surface area contributed by atoms with Crippen LogP contribution in [0.15, 0.2) is 180 Å². The number of fused-ring (bicyclic) bond motifs is 7. The highest BCUT2D eigenvalue weighted by atomic mass is 16.3. The molecule has 1 aromatic heterocycles. The molecule has 0 spiro atoms. The topological polar surface area (TPSA) is 16.4 Å². The first-order valence-electron chi connectivity index (χ1n) is 17.7. The molecule has 2 nitrogen and oxygen atoms in total. The minimum Gasteiger partial charge on any atom is -0.456 e. The summed E-state index contributed by atoms with van der Waals surface area (Å²) in [4.78, 5) is 2.41. The van der Waals surface area contributed by atoms with Crippen LogP contribution in [-0.2, 0) is 5.41 Å². The Bertz CT molecular complexity index is 2780. The summed E-state index contributed by atoms with van der Waals surface area (Å²) in [6.07, 6.45) is 0. The third-order valence-corrected chi connectivity index (χ3v) is 10.9. The lowest BCUT2D eigenvalue weighted by molar-refractivity contribution is 0.660. The van der Waals surface area contributed by atoms with Crippen LogP contribution in [0.5, 0.6) is 0 Å². The highest BCUT2D eigenvalue weighted by Crippen LogP contribution is 2.51. The monoisotopic (exact) mass is 653 g/mol. The van der Waals surface area contributed by atoms with Gasteiger partial charge in [0.25, 0.3) is 0 Å². The SMILES string of the molecule is CC1(C)c2ccccc2-c2ccc(N(c3ccc(-c4ccc5oc6ccccc6c5c4)cc3)c3cccc(-c4cccc5ccccc45)c3)cc21. The molecule has 0 atom stereocenters. The van der Waals surface area contributed by atoms with Crippen molar-refractivity contribution in [3.05, 3.63) is 187 Å². The number of benzene rings is 8. The first kappa shape index (κ1) is 29.5.